The second-order valence-corrected chi connectivity index (χ2v) is 18.7. The van der Waals surface area contributed by atoms with Crippen molar-refractivity contribution >= 4 is 67.8 Å². The third-order valence-electron chi connectivity index (χ3n) is 11.8. The molecule has 0 spiro atoms. The number of anilines is 3. The molecule has 0 aliphatic carbocycles. The molecule has 4 heterocycles. The van der Waals surface area contributed by atoms with Crippen LogP contribution in [0.4, 0.5) is 21.6 Å². The van der Waals surface area contributed by atoms with E-state index in [-0.39, 0.29) is 0 Å². The maximum atomic E-state index is 17.0. The Morgan fingerprint density at radius 1 is 0.508 bits per heavy atom. The molecule has 59 heavy (non-hydrogen) atoms. The zero-order chi connectivity index (χ0) is 39.3. The van der Waals surface area contributed by atoms with Gasteiger partial charge in [-0.1, -0.05) is 152 Å². The molecule has 0 N–H and O–H groups in total. The zero-order valence-electron chi connectivity index (χ0n) is 32.0. The molecule has 0 radical (unpaired) electrons. The lowest BCUT2D eigenvalue weighted by Gasteiger charge is -2.44. The minimum absolute atomic E-state index is 0.571. The molecule has 4 nitrogen and oxygen atoms in total. The summed E-state index contributed by atoms with van der Waals surface area (Å²) in [6.45, 7) is 0. The summed E-state index contributed by atoms with van der Waals surface area (Å²) in [5.74, 6) is 0.858. The average Bonchev–Trinajstić information content (AvgIpc) is 3.66. The fourth-order valence-electron chi connectivity index (χ4n) is 9.36. The van der Waals surface area contributed by atoms with E-state index in [9.17, 15) is 0 Å². The van der Waals surface area contributed by atoms with Crippen LogP contribution >= 0.6 is 0 Å². The van der Waals surface area contributed by atoms with Gasteiger partial charge in [0, 0.05) is 44.8 Å². The van der Waals surface area contributed by atoms with E-state index in [1.807, 2.05) is 66.9 Å². The Morgan fingerprint density at radius 2 is 1.14 bits per heavy atom. The normalized spacial score (nSPS) is 13.5. The van der Waals surface area contributed by atoms with Crippen LogP contribution < -0.4 is 25.6 Å². The Bertz CT molecular complexity index is 3090. The summed E-state index contributed by atoms with van der Waals surface area (Å²) in [4.78, 5) is 12.3. The number of fused-ring (bicyclic) bond motifs is 6. The summed E-state index contributed by atoms with van der Waals surface area (Å²) >= 11 is 0. The van der Waals surface area contributed by atoms with E-state index >= 15 is 4.39 Å². The van der Waals surface area contributed by atoms with E-state index in [2.05, 4.69) is 160 Å². The van der Waals surface area contributed by atoms with Gasteiger partial charge in [0.25, 0.3) is 0 Å². The van der Waals surface area contributed by atoms with Gasteiger partial charge in [0.05, 0.1) is 22.9 Å². The first-order valence-corrected chi connectivity index (χ1v) is 22.0. The van der Waals surface area contributed by atoms with Crippen LogP contribution in [-0.2, 0) is 0 Å². The molecule has 1 unspecified atom stereocenters. The van der Waals surface area contributed by atoms with E-state index in [0.717, 1.165) is 45.2 Å². The van der Waals surface area contributed by atoms with E-state index in [0.29, 0.717) is 11.1 Å². The van der Waals surface area contributed by atoms with E-state index in [1.165, 1.54) is 31.5 Å². The summed E-state index contributed by atoms with van der Waals surface area (Å²) in [6, 6.07) is 71.5. The van der Waals surface area contributed by atoms with Crippen molar-refractivity contribution in [3.8, 4) is 16.9 Å². The van der Waals surface area contributed by atoms with Gasteiger partial charge in [-0.05, 0) is 81.3 Å². The monoisotopic (exact) mass is 776 g/mol. The van der Waals surface area contributed by atoms with Gasteiger partial charge in [-0.2, -0.15) is 0 Å². The number of rotatable bonds is 7. The number of nitrogens with zero attached hydrogens (tertiary/aromatic N) is 4. The first-order chi connectivity index (χ1) is 29.2. The van der Waals surface area contributed by atoms with E-state index < -0.39 is 14.2 Å². The van der Waals surface area contributed by atoms with Gasteiger partial charge >= 0.3 is 0 Å². The molecule has 1 aliphatic rings. The van der Waals surface area contributed by atoms with Crippen molar-refractivity contribution in [1.82, 2.24) is 14.5 Å². The van der Waals surface area contributed by atoms with Gasteiger partial charge in [-0.25, -0.2) is 9.37 Å². The highest BCUT2D eigenvalue weighted by atomic mass is 28.3. The van der Waals surface area contributed by atoms with Crippen molar-refractivity contribution in [3.63, 3.8) is 0 Å². The molecule has 3 aromatic heterocycles. The highest BCUT2D eigenvalue weighted by molar-refractivity contribution is 7.22. The van der Waals surface area contributed by atoms with Gasteiger partial charge in [-0.3, -0.25) is 9.88 Å². The first-order valence-electron chi connectivity index (χ1n) is 20.0. The third-order valence-corrected chi connectivity index (χ3v) is 16.7. The molecule has 11 rings (SSSR count). The van der Waals surface area contributed by atoms with Gasteiger partial charge in [-0.15, -0.1) is 0 Å². The Morgan fingerprint density at radius 3 is 1.88 bits per heavy atom. The van der Waals surface area contributed by atoms with Crippen molar-refractivity contribution in [1.29, 1.82) is 0 Å². The largest absolute Gasteiger partial charge is 0.308 e. The molecule has 1 aliphatic heterocycles. The van der Waals surface area contributed by atoms with Crippen LogP contribution in [0.1, 0.15) is 17.3 Å². The van der Waals surface area contributed by atoms with Crippen LogP contribution in [0.2, 0.25) is 0 Å². The molecule has 0 amide bonds. The highest BCUT2D eigenvalue weighted by Gasteiger charge is 2.51. The lowest BCUT2D eigenvalue weighted by molar-refractivity contribution is 0.402. The number of halogens is 1. The molecule has 7 aromatic carbocycles. The minimum atomic E-state index is -3.14. The number of hydrogen-bond donors (Lipinski definition) is 0. The lowest BCUT2D eigenvalue weighted by atomic mass is 9.99. The number of pyridine rings is 2. The second-order valence-electron chi connectivity index (χ2n) is 15.0. The second kappa shape index (κ2) is 14.2. The molecule has 0 saturated heterocycles. The maximum absolute atomic E-state index is 17.0. The van der Waals surface area contributed by atoms with Gasteiger partial charge in [0.15, 0.2) is 14.2 Å². The fourth-order valence-corrected chi connectivity index (χ4v) is 14.6. The number of alkyl halides is 1. The molecule has 6 heteroatoms. The summed E-state index contributed by atoms with van der Waals surface area (Å²) in [6.07, 6.45) is 2.45. The third kappa shape index (κ3) is 5.48. The SMILES string of the molecule is FC(c1cccc(-c2ccccn2)c1)c1cccc(N2c3ccccc3[Si](c3ccccc3)(c3ccccc3)c3c2ncc2c3c3ccccc3n2-c2ccccc2)c1. The predicted octanol–water partition coefficient (Wildman–Crippen LogP) is 10.5. The molecule has 0 fully saturated rings. The van der Waals surface area contributed by atoms with Gasteiger partial charge in [0.2, 0.25) is 0 Å². The van der Waals surface area contributed by atoms with Crippen LogP contribution in [0, 0.1) is 0 Å². The van der Waals surface area contributed by atoms with E-state index in [4.69, 9.17) is 4.98 Å². The van der Waals surface area contributed by atoms with Crippen molar-refractivity contribution in [2.24, 2.45) is 0 Å². The van der Waals surface area contributed by atoms with Crippen LogP contribution in [0.3, 0.4) is 0 Å². The fraction of sp³-hybridized carbons (Fsp3) is 0.0189. The van der Waals surface area contributed by atoms with Gasteiger partial charge in [0.1, 0.15) is 5.82 Å². The zero-order valence-corrected chi connectivity index (χ0v) is 33.0. The molecule has 0 bridgehead atoms. The quantitative estimate of drug-likeness (QED) is 0.151. The molecule has 1 atom stereocenters. The number of para-hydroxylation sites is 3. The molecular weight excluding hydrogens is 740 g/mol. The van der Waals surface area contributed by atoms with Crippen LogP contribution in [-0.4, -0.2) is 22.6 Å². The van der Waals surface area contributed by atoms with Crippen LogP contribution in [0.25, 0.3) is 38.8 Å². The Balaban J connectivity index is 1.21. The number of benzene rings is 7. The summed E-state index contributed by atoms with van der Waals surface area (Å²) in [5, 5.41) is 7.35. The lowest BCUT2D eigenvalue weighted by Crippen LogP contribution is -2.77. The van der Waals surface area contributed by atoms with Crippen LogP contribution in [0.5, 0.6) is 0 Å². The molecular formula is C53H37FN4Si. The summed E-state index contributed by atoms with van der Waals surface area (Å²) < 4.78 is 19.3. The standard InChI is InChI=1S/C53H37FN4Si/c54-51(38-19-16-18-37(34-38)45-29-14-15-33-55-45)39-20-17-23-41(35-39)58-47-31-12-13-32-49(47)59(42-24-6-2-7-25-42,43-26-8-3-9-27-43)52-50-44-28-10-11-30-46(44)57(40-21-4-1-5-22-40)48(50)36-56-53(52)58/h1-36,51H. The number of hydrogen-bond acceptors (Lipinski definition) is 3. The molecule has 10 aromatic rings. The first kappa shape index (κ1) is 34.8. The molecule has 280 valence electrons. The van der Waals surface area contributed by atoms with Crippen molar-refractivity contribution < 1.29 is 4.39 Å². The Labute approximate surface area is 343 Å². The Kier molecular flexibility index (Phi) is 8.38. The average molecular weight is 777 g/mol. The summed E-state index contributed by atoms with van der Waals surface area (Å²) in [7, 11) is -3.14. The highest BCUT2D eigenvalue weighted by Crippen LogP contribution is 2.43. The topological polar surface area (TPSA) is 34.0 Å². The summed E-state index contributed by atoms with van der Waals surface area (Å²) in [5.41, 5.74) is 7.98. The van der Waals surface area contributed by atoms with Crippen molar-refractivity contribution in [2.45, 2.75) is 6.17 Å². The Hall–Kier alpha value is -7.41. The van der Waals surface area contributed by atoms with Crippen LogP contribution in [0.15, 0.2) is 219 Å². The minimum Gasteiger partial charge on any atom is -0.308 e. The van der Waals surface area contributed by atoms with Crippen molar-refractivity contribution in [2.75, 3.05) is 4.90 Å². The number of aromatic nitrogens is 3. The predicted molar refractivity (Wildman–Crippen MR) is 243 cm³/mol. The molecule has 0 saturated carbocycles. The van der Waals surface area contributed by atoms with E-state index in [1.54, 1.807) is 6.20 Å². The van der Waals surface area contributed by atoms with Gasteiger partial charge < -0.3 is 4.57 Å². The van der Waals surface area contributed by atoms with Crippen molar-refractivity contribution in [3.05, 3.63) is 230 Å². The smallest absolute Gasteiger partial charge is 0.187 e. The maximum Gasteiger partial charge on any atom is 0.187 e.